The van der Waals surface area contributed by atoms with Crippen molar-refractivity contribution in [3.8, 4) is 0 Å². The molecule has 1 heterocycles. The molecular formula is C18H24BrClN4O2. The van der Waals surface area contributed by atoms with Crippen LogP contribution in [0.3, 0.4) is 0 Å². The summed E-state index contributed by atoms with van der Waals surface area (Å²) in [5.41, 5.74) is 1.90. The third-order valence-corrected chi connectivity index (χ3v) is 5.06. The number of amides is 2. The molecule has 1 N–H and O–H groups in total. The largest absolute Gasteiger partial charge is 0.345 e. The van der Waals surface area contributed by atoms with Crippen molar-refractivity contribution in [2.24, 2.45) is 11.0 Å². The molecule has 8 heteroatoms. The molecule has 0 spiro atoms. The number of para-hydroxylation sites is 1. The zero-order valence-corrected chi connectivity index (χ0v) is 17.5. The van der Waals surface area contributed by atoms with Crippen molar-refractivity contribution in [2.45, 2.75) is 19.8 Å². The Bertz CT molecular complexity index is 681. The second-order valence-electron chi connectivity index (χ2n) is 5.70. The number of nitrogens with one attached hydrogen (secondary N) is 1. The Labute approximate surface area is 168 Å². The predicted octanol–water partition coefficient (Wildman–Crippen LogP) is 3.63. The van der Waals surface area contributed by atoms with Gasteiger partial charge < -0.3 is 10.2 Å². The zero-order chi connectivity index (χ0) is 19.7. The maximum absolute atomic E-state index is 12.1. The van der Waals surface area contributed by atoms with Gasteiger partial charge in [-0.25, -0.2) is 0 Å². The number of likely N-dealkylation sites (tertiary alicyclic amines) is 1. The van der Waals surface area contributed by atoms with Crippen molar-refractivity contribution >= 4 is 51.8 Å². The molecule has 1 saturated heterocycles. The number of anilines is 1. The average Bonchev–Trinajstić information content (AvgIpc) is 3.00. The topological polar surface area (TPSA) is 65.0 Å². The summed E-state index contributed by atoms with van der Waals surface area (Å²) in [4.78, 5) is 27.0. The molecule has 26 heavy (non-hydrogen) atoms. The molecule has 1 atom stereocenters. The fraction of sp³-hybridized carbons (Fsp3) is 0.389. The fourth-order valence-electron chi connectivity index (χ4n) is 2.37. The van der Waals surface area contributed by atoms with Crippen molar-refractivity contribution in [3.63, 3.8) is 0 Å². The van der Waals surface area contributed by atoms with E-state index in [1.54, 1.807) is 24.0 Å². The first-order chi connectivity index (χ1) is 12.3. The molecule has 142 valence electrons. The molecule has 0 aliphatic carbocycles. The van der Waals surface area contributed by atoms with Gasteiger partial charge in [0, 0.05) is 38.0 Å². The number of halogens is 2. The average molecular weight is 444 g/mol. The lowest BCUT2D eigenvalue weighted by atomic mass is 10.1. The highest BCUT2D eigenvalue weighted by Gasteiger charge is 2.34. The highest BCUT2D eigenvalue weighted by molar-refractivity contribution is 9.11. The van der Waals surface area contributed by atoms with Crippen LogP contribution in [0.2, 0.25) is 0 Å². The molecule has 1 aromatic rings. The van der Waals surface area contributed by atoms with Crippen LogP contribution in [0.1, 0.15) is 18.9 Å². The lowest BCUT2D eigenvalue weighted by molar-refractivity contribution is -0.134. The maximum Gasteiger partial charge on any atom is 0.237 e. The summed E-state index contributed by atoms with van der Waals surface area (Å²) < 4.78 is 0. The van der Waals surface area contributed by atoms with Gasteiger partial charge in [0.15, 0.2) is 0 Å². The minimum Gasteiger partial charge on any atom is -0.345 e. The van der Waals surface area contributed by atoms with E-state index < -0.39 is 5.92 Å². The Balaban J connectivity index is 0.000000359. The van der Waals surface area contributed by atoms with E-state index in [0.29, 0.717) is 18.1 Å². The van der Waals surface area contributed by atoms with E-state index in [1.807, 2.05) is 31.2 Å². The molecule has 0 saturated carbocycles. The Morgan fingerprint density at radius 2 is 2.19 bits per heavy atom. The number of hydrazone groups is 1. The summed E-state index contributed by atoms with van der Waals surface area (Å²) >= 11 is 8.55. The van der Waals surface area contributed by atoms with Gasteiger partial charge >= 0.3 is 0 Å². The lowest BCUT2D eigenvalue weighted by Gasteiger charge is -2.13. The smallest absolute Gasteiger partial charge is 0.237 e. The molecule has 1 aromatic carbocycles. The number of hydrogen-bond acceptors (Lipinski definition) is 4. The molecule has 1 fully saturated rings. The van der Waals surface area contributed by atoms with Gasteiger partial charge in [-0.3, -0.25) is 14.6 Å². The quantitative estimate of drug-likeness (QED) is 0.327. The lowest BCUT2D eigenvalue weighted by Crippen LogP contribution is -2.31. The van der Waals surface area contributed by atoms with Gasteiger partial charge in [-0.1, -0.05) is 52.7 Å². The fourth-order valence-corrected chi connectivity index (χ4v) is 2.72. The molecule has 0 bridgehead atoms. The van der Waals surface area contributed by atoms with Gasteiger partial charge in [0.25, 0.3) is 0 Å². The molecule has 0 aromatic heterocycles. The van der Waals surface area contributed by atoms with Crippen LogP contribution in [0.25, 0.3) is 0 Å². The van der Waals surface area contributed by atoms with Crippen LogP contribution < -0.4 is 5.32 Å². The summed E-state index contributed by atoms with van der Waals surface area (Å²) in [6, 6.07) is 7.69. The third-order valence-electron chi connectivity index (χ3n) is 4.01. The van der Waals surface area contributed by atoms with Crippen LogP contribution in [-0.4, -0.2) is 49.1 Å². The first-order valence-corrected chi connectivity index (χ1v) is 9.45. The molecule has 0 unspecified atom stereocenters. The van der Waals surface area contributed by atoms with Crippen molar-refractivity contribution in [1.82, 2.24) is 9.91 Å². The third kappa shape index (κ3) is 6.14. The van der Waals surface area contributed by atoms with Crippen LogP contribution in [-0.2, 0) is 16.0 Å². The second-order valence-corrected chi connectivity index (χ2v) is 6.54. The van der Waals surface area contributed by atoms with E-state index in [9.17, 15) is 9.59 Å². The van der Waals surface area contributed by atoms with Crippen molar-refractivity contribution in [3.05, 3.63) is 40.0 Å². The number of rotatable bonds is 5. The number of hydrogen-bond donors (Lipinski definition) is 1. The predicted molar refractivity (Wildman–Crippen MR) is 110 cm³/mol. The van der Waals surface area contributed by atoms with E-state index in [0.717, 1.165) is 17.7 Å². The van der Waals surface area contributed by atoms with Crippen molar-refractivity contribution < 1.29 is 9.59 Å². The van der Waals surface area contributed by atoms with Gasteiger partial charge in [0.1, 0.15) is 11.1 Å². The van der Waals surface area contributed by atoms with Gasteiger partial charge in [-0.15, -0.1) is 0 Å². The van der Waals surface area contributed by atoms with Gasteiger partial charge in [0.05, 0.1) is 0 Å². The van der Waals surface area contributed by atoms with Crippen LogP contribution >= 0.6 is 27.5 Å². The van der Waals surface area contributed by atoms with Gasteiger partial charge in [0.2, 0.25) is 11.8 Å². The summed E-state index contributed by atoms with van der Waals surface area (Å²) in [6.45, 7) is 5.96. The Morgan fingerprint density at radius 1 is 1.54 bits per heavy atom. The normalized spacial score (nSPS) is 16.7. The molecule has 0 radical (unpaired) electrons. The molecular weight excluding hydrogens is 420 g/mol. The zero-order valence-electron chi connectivity index (χ0n) is 15.2. The summed E-state index contributed by atoms with van der Waals surface area (Å²) in [7, 11) is 3.43. The highest BCUT2D eigenvalue weighted by atomic mass is 79.9. The summed E-state index contributed by atoms with van der Waals surface area (Å²) in [5.74, 6) is -0.799. The maximum atomic E-state index is 12.1. The van der Waals surface area contributed by atoms with E-state index in [2.05, 4.69) is 33.1 Å². The molecule has 2 amide bonds. The van der Waals surface area contributed by atoms with E-state index in [4.69, 9.17) is 11.6 Å². The van der Waals surface area contributed by atoms with E-state index >= 15 is 0 Å². The number of aryl methyl sites for hydroxylation is 1. The van der Waals surface area contributed by atoms with E-state index in [-0.39, 0.29) is 11.8 Å². The number of carbonyl (C=O) groups excluding carboxylic acids is 2. The first-order valence-electron chi connectivity index (χ1n) is 8.15. The van der Waals surface area contributed by atoms with Gasteiger partial charge in [-0.2, -0.15) is 5.10 Å². The Kier molecular flexibility index (Phi) is 9.37. The number of benzene rings is 1. The summed E-state index contributed by atoms with van der Waals surface area (Å²) in [5, 5.41) is 8.32. The molecule has 1 aliphatic heterocycles. The summed E-state index contributed by atoms with van der Waals surface area (Å²) in [6.07, 6.45) is 1.46. The standard InChI is InChI=1S/C14H18N2O2.C4H6BrClN2/c1-3-10-6-4-5-7-12(10)15-13(17)11-8-9-16(2)14(11)18;1-7-8(2)4(6)3-5/h4-7,11H,3,8-9H2,1-2H3,(H,15,17);3H,1H2,2H3/b;4-3-/t11-;/m0./s1. The minimum absolute atomic E-state index is 0.0820. The first kappa shape index (κ1) is 22.2. The minimum atomic E-state index is -0.528. The van der Waals surface area contributed by atoms with Gasteiger partial charge in [-0.05, 0) is 24.5 Å². The molecule has 2 rings (SSSR count). The highest BCUT2D eigenvalue weighted by Crippen LogP contribution is 2.21. The van der Waals surface area contributed by atoms with Crippen LogP contribution in [0.4, 0.5) is 5.69 Å². The monoisotopic (exact) mass is 442 g/mol. The Morgan fingerprint density at radius 3 is 2.65 bits per heavy atom. The van der Waals surface area contributed by atoms with Crippen LogP contribution in [0, 0.1) is 5.92 Å². The molecule has 6 nitrogen and oxygen atoms in total. The van der Waals surface area contributed by atoms with Crippen molar-refractivity contribution in [2.75, 3.05) is 26.0 Å². The van der Waals surface area contributed by atoms with E-state index in [1.165, 1.54) is 5.01 Å². The second kappa shape index (κ2) is 11.0. The molecule has 1 aliphatic rings. The number of carbonyl (C=O) groups is 2. The van der Waals surface area contributed by atoms with Crippen LogP contribution in [0.15, 0.2) is 39.5 Å². The Hall–Kier alpha value is -1.86. The van der Waals surface area contributed by atoms with Crippen molar-refractivity contribution in [1.29, 1.82) is 0 Å². The number of nitrogens with zero attached hydrogens (tertiary/aromatic N) is 3. The SMILES string of the molecule is C=NN(C)/C(Cl)=C\Br.CCc1ccccc1NC(=O)[C@@H]1CCN(C)C1=O. The van der Waals surface area contributed by atoms with Crippen LogP contribution in [0.5, 0.6) is 0 Å².